The summed E-state index contributed by atoms with van der Waals surface area (Å²) >= 11 is 0. The van der Waals surface area contributed by atoms with Gasteiger partial charge in [0, 0.05) is 24.3 Å². The van der Waals surface area contributed by atoms with Crippen LogP contribution in [0.1, 0.15) is 59.2 Å². The maximum Gasteiger partial charge on any atom is 0.255 e. The number of hydrogen-bond donors (Lipinski definition) is 1. The third kappa shape index (κ3) is 4.70. The van der Waals surface area contributed by atoms with Crippen molar-refractivity contribution in [3.63, 3.8) is 0 Å². The molecular weight excluding hydrogens is 384 g/mol. The van der Waals surface area contributed by atoms with Gasteiger partial charge < -0.3 is 5.32 Å². The fraction of sp³-hybridized carbons (Fsp3) is 0.435. The average Bonchev–Trinajstić information content (AvgIpc) is 2.70. The van der Waals surface area contributed by atoms with Crippen LogP contribution in [-0.2, 0) is 10.0 Å². The van der Waals surface area contributed by atoms with Crippen LogP contribution in [0, 0.1) is 20.8 Å². The Bertz CT molecular complexity index is 986. The molecule has 1 saturated carbocycles. The molecule has 2 aromatic rings. The topological polar surface area (TPSA) is 66.5 Å². The molecule has 5 nitrogen and oxygen atoms in total. The molecule has 156 valence electrons. The number of hydrogen-bond acceptors (Lipinski definition) is 3. The van der Waals surface area contributed by atoms with Crippen LogP contribution < -0.4 is 5.32 Å². The largest absolute Gasteiger partial charge is 0.322 e. The van der Waals surface area contributed by atoms with Crippen molar-refractivity contribution in [2.24, 2.45) is 0 Å². The van der Waals surface area contributed by atoms with Crippen molar-refractivity contribution < 1.29 is 13.2 Å². The number of carbonyl (C=O) groups excluding carboxylic acids is 1. The summed E-state index contributed by atoms with van der Waals surface area (Å²) in [7, 11) is -1.99. The van der Waals surface area contributed by atoms with E-state index >= 15 is 0 Å². The van der Waals surface area contributed by atoms with E-state index in [1.165, 1.54) is 10.4 Å². The standard InChI is InChI=1S/C23H30N2O3S/c1-16-13-17(2)22(18(3)14-16)24-23(26)19-9-8-12-21(15-19)29(27,28)25(4)20-10-6-5-7-11-20/h8-9,12-15,20H,5-7,10-11H2,1-4H3,(H,24,26). The van der Waals surface area contributed by atoms with E-state index in [4.69, 9.17) is 0 Å². The van der Waals surface area contributed by atoms with E-state index < -0.39 is 10.0 Å². The maximum absolute atomic E-state index is 13.1. The Morgan fingerprint density at radius 3 is 2.24 bits per heavy atom. The van der Waals surface area contributed by atoms with Crippen LogP contribution in [0.2, 0.25) is 0 Å². The number of amides is 1. The van der Waals surface area contributed by atoms with E-state index in [-0.39, 0.29) is 16.8 Å². The summed E-state index contributed by atoms with van der Waals surface area (Å²) in [5.74, 6) is -0.308. The van der Waals surface area contributed by atoms with Crippen LogP contribution in [0.15, 0.2) is 41.3 Å². The summed E-state index contributed by atoms with van der Waals surface area (Å²) < 4.78 is 27.7. The molecule has 6 heteroatoms. The molecule has 1 aliphatic rings. The third-order valence-corrected chi connectivity index (χ3v) is 7.68. The summed E-state index contributed by atoms with van der Waals surface area (Å²) in [6, 6.07) is 10.4. The van der Waals surface area contributed by atoms with E-state index in [2.05, 4.69) is 5.32 Å². The SMILES string of the molecule is Cc1cc(C)c(NC(=O)c2cccc(S(=O)(=O)N(C)C3CCCCC3)c2)c(C)c1. The summed E-state index contributed by atoms with van der Waals surface area (Å²) in [6.45, 7) is 5.92. The lowest BCUT2D eigenvalue weighted by atomic mass is 9.96. The lowest BCUT2D eigenvalue weighted by molar-refractivity contribution is 0.102. The third-order valence-electron chi connectivity index (χ3n) is 5.78. The lowest BCUT2D eigenvalue weighted by Crippen LogP contribution is -2.38. The van der Waals surface area contributed by atoms with E-state index in [0.29, 0.717) is 5.56 Å². The molecule has 0 aromatic heterocycles. The highest BCUT2D eigenvalue weighted by Crippen LogP contribution is 2.27. The van der Waals surface area contributed by atoms with Gasteiger partial charge in [-0.25, -0.2) is 8.42 Å². The van der Waals surface area contributed by atoms with Gasteiger partial charge in [0.25, 0.3) is 5.91 Å². The lowest BCUT2D eigenvalue weighted by Gasteiger charge is -2.30. The first-order valence-corrected chi connectivity index (χ1v) is 11.6. The zero-order valence-electron chi connectivity index (χ0n) is 17.7. The van der Waals surface area contributed by atoms with Crippen molar-refractivity contribution in [2.75, 3.05) is 12.4 Å². The number of carbonyl (C=O) groups is 1. The van der Waals surface area contributed by atoms with Crippen LogP contribution in [-0.4, -0.2) is 31.7 Å². The fourth-order valence-electron chi connectivity index (χ4n) is 4.17. The van der Waals surface area contributed by atoms with Crippen LogP contribution in [0.3, 0.4) is 0 Å². The zero-order valence-corrected chi connectivity index (χ0v) is 18.5. The predicted molar refractivity (Wildman–Crippen MR) is 117 cm³/mol. The Morgan fingerprint density at radius 2 is 1.62 bits per heavy atom. The molecule has 0 radical (unpaired) electrons. The van der Waals surface area contributed by atoms with Gasteiger partial charge in [0.1, 0.15) is 0 Å². The Morgan fingerprint density at radius 1 is 1.00 bits per heavy atom. The van der Waals surface area contributed by atoms with Gasteiger partial charge in [-0.1, -0.05) is 43.0 Å². The Hall–Kier alpha value is -2.18. The molecule has 0 aliphatic heterocycles. The Labute approximate surface area is 174 Å². The molecular formula is C23H30N2O3S. The fourth-order valence-corrected chi connectivity index (χ4v) is 5.63. The predicted octanol–water partition coefficient (Wildman–Crippen LogP) is 4.82. The normalized spacial score (nSPS) is 15.5. The molecule has 0 unspecified atom stereocenters. The van der Waals surface area contributed by atoms with Gasteiger partial charge in [0.2, 0.25) is 10.0 Å². The van der Waals surface area contributed by atoms with Gasteiger partial charge in [-0.3, -0.25) is 4.79 Å². The van der Waals surface area contributed by atoms with Gasteiger partial charge in [-0.2, -0.15) is 4.31 Å². The smallest absolute Gasteiger partial charge is 0.255 e. The van der Waals surface area contributed by atoms with Crippen molar-refractivity contribution in [2.45, 2.75) is 63.8 Å². The number of aryl methyl sites for hydroxylation is 3. The molecule has 3 rings (SSSR count). The van der Waals surface area contributed by atoms with Crippen molar-refractivity contribution in [1.29, 1.82) is 0 Å². The van der Waals surface area contributed by atoms with E-state index in [9.17, 15) is 13.2 Å². The highest BCUT2D eigenvalue weighted by atomic mass is 32.2. The van der Waals surface area contributed by atoms with E-state index in [1.54, 1.807) is 25.2 Å². The number of nitrogens with one attached hydrogen (secondary N) is 1. The van der Waals surface area contributed by atoms with Gasteiger partial charge in [0.05, 0.1) is 4.90 Å². The quantitative estimate of drug-likeness (QED) is 0.763. The monoisotopic (exact) mass is 414 g/mol. The van der Waals surface area contributed by atoms with Crippen LogP contribution in [0.4, 0.5) is 5.69 Å². The number of sulfonamides is 1. The molecule has 1 aliphatic carbocycles. The zero-order chi connectivity index (χ0) is 21.2. The number of nitrogens with zero attached hydrogens (tertiary/aromatic N) is 1. The van der Waals surface area contributed by atoms with Crippen molar-refractivity contribution in [3.8, 4) is 0 Å². The second kappa shape index (κ2) is 8.67. The first kappa shape index (κ1) is 21.5. The molecule has 1 fully saturated rings. The van der Waals surface area contributed by atoms with Crippen molar-refractivity contribution in [3.05, 3.63) is 58.7 Å². The second-order valence-corrected chi connectivity index (χ2v) is 10.1. The number of anilines is 1. The van der Waals surface area contributed by atoms with Gasteiger partial charge >= 0.3 is 0 Å². The molecule has 2 aromatic carbocycles. The molecule has 1 N–H and O–H groups in total. The minimum atomic E-state index is -3.64. The Balaban J connectivity index is 1.84. The molecule has 0 bridgehead atoms. The molecule has 0 heterocycles. The minimum absolute atomic E-state index is 0.0316. The number of rotatable bonds is 5. The molecule has 0 saturated heterocycles. The first-order valence-electron chi connectivity index (χ1n) is 10.2. The van der Waals surface area contributed by atoms with Crippen molar-refractivity contribution >= 4 is 21.6 Å². The van der Waals surface area contributed by atoms with Gasteiger partial charge in [-0.05, 0) is 62.9 Å². The molecule has 0 atom stereocenters. The van der Waals surface area contributed by atoms with Crippen molar-refractivity contribution in [1.82, 2.24) is 4.31 Å². The summed E-state index contributed by atoms with van der Waals surface area (Å²) in [5, 5.41) is 2.95. The van der Waals surface area contributed by atoms with Gasteiger partial charge in [0.15, 0.2) is 0 Å². The van der Waals surface area contributed by atoms with Gasteiger partial charge in [-0.15, -0.1) is 0 Å². The summed E-state index contributed by atoms with van der Waals surface area (Å²) in [5.41, 5.74) is 4.21. The maximum atomic E-state index is 13.1. The second-order valence-electron chi connectivity index (χ2n) is 8.07. The van der Waals surface area contributed by atoms with E-state index in [1.807, 2.05) is 32.9 Å². The molecule has 29 heavy (non-hydrogen) atoms. The molecule has 0 spiro atoms. The highest BCUT2D eigenvalue weighted by Gasteiger charge is 2.29. The Kier molecular flexibility index (Phi) is 6.44. The average molecular weight is 415 g/mol. The highest BCUT2D eigenvalue weighted by molar-refractivity contribution is 7.89. The number of benzene rings is 2. The summed E-state index contributed by atoms with van der Waals surface area (Å²) in [6.07, 6.45) is 5.06. The summed E-state index contributed by atoms with van der Waals surface area (Å²) in [4.78, 5) is 13.0. The van der Waals surface area contributed by atoms with Crippen LogP contribution >= 0.6 is 0 Å². The van der Waals surface area contributed by atoms with E-state index in [0.717, 1.165) is 54.5 Å². The molecule has 1 amide bonds. The van der Waals surface area contributed by atoms with Crippen LogP contribution in [0.5, 0.6) is 0 Å². The minimum Gasteiger partial charge on any atom is -0.322 e. The van der Waals surface area contributed by atoms with Crippen LogP contribution in [0.25, 0.3) is 0 Å². The first-order chi connectivity index (χ1) is 13.7.